The third kappa shape index (κ3) is 12.5. The summed E-state index contributed by atoms with van der Waals surface area (Å²) in [6.45, 7) is 3.41. The Hall–Kier alpha value is -0.710. The Kier molecular flexibility index (Phi) is 16.5. The summed E-state index contributed by atoms with van der Waals surface area (Å²) in [5.74, 6) is -15.5. The van der Waals surface area contributed by atoms with E-state index in [1.165, 1.54) is 77.0 Å². The van der Waals surface area contributed by atoms with Crippen LogP contribution in [0.4, 0.5) is 39.5 Å². The minimum absolute atomic E-state index is 0.00122. The smallest absolute Gasteiger partial charge is 0.378 e. The zero-order chi connectivity index (χ0) is 34.6. The van der Waals surface area contributed by atoms with Crippen molar-refractivity contribution in [1.82, 2.24) is 0 Å². The molecule has 2 nitrogen and oxygen atoms in total. The van der Waals surface area contributed by atoms with Crippen molar-refractivity contribution in [3.63, 3.8) is 0 Å². The molecule has 0 heterocycles. The van der Waals surface area contributed by atoms with Crippen LogP contribution in [-0.2, 0) is 9.47 Å². The average Bonchev–Trinajstić information content (AvgIpc) is 3.03. The second-order valence-corrected chi connectivity index (χ2v) is 15.0. The van der Waals surface area contributed by atoms with E-state index in [0.29, 0.717) is 31.5 Å². The fourth-order valence-electron chi connectivity index (χ4n) is 7.91. The average molecular weight is 695 g/mol. The van der Waals surface area contributed by atoms with Gasteiger partial charge in [-0.1, -0.05) is 84.0 Å². The highest BCUT2D eigenvalue weighted by molar-refractivity contribution is 5.00. The minimum atomic E-state index is -6.81. The Morgan fingerprint density at radius 1 is 0.468 bits per heavy atom. The van der Waals surface area contributed by atoms with Gasteiger partial charge in [-0.05, 0) is 87.9 Å². The number of hydrogen-bond acceptors (Lipinski definition) is 2. The molecule has 3 aliphatic carbocycles. The van der Waals surface area contributed by atoms with Crippen LogP contribution in [0.25, 0.3) is 0 Å². The molecule has 0 aromatic carbocycles. The SMILES string of the molecule is CCCCCC1CCC(CCC2CCC(OCC3CCC(OCCCCCCC(F)(F)C(F)(F)C(F)(F)C(F)(F)F)CC3)CC2)CC1. The Morgan fingerprint density at radius 3 is 1.47 bits per heavy atom. The highest BCUT2D eigenvalue weighted by Crippen LogP contribution is 2.54. The Labute approximate surface area is 276 Å². The van der Waals surface area contributed by atoms with Crippen LogP contribution >= 0.6 is 0 Å². The number of ether oxygens (including phenoxy) is 2. The van der Waals surface area contributed by atoms with Crippen molar-refractivity contribution in [3.8, 4) is 0 Å². The number of halogens is 9. The van der Waals surface area contributed by atoms with Crippen LogP contribution < -0.4 is 0 Å². The fraction of sp³-hybridized carbons (Fsp3) is 1.00. The van der Waals surface area contributed by atoms with Crippen molar-refractivity contribution in [1.29, 1.82) is 0 Å². The van der Waals surface area contributed by atoms with Gasteiger partial charge in [-0.15, -0.1) is 0 Å². The van der Waals surface area contributed by atoms with Gasteiger partial charge in [0, 0.05) is 19.6 Å². The predicted octanol–water partition coefficient (Wildman–Crippen LogP) is 12.7. The molecule has 0 aromatic heterocycles. The third-order valence-electron chi connectivity index (χ3n) is 11.3. The lowest BCUT2D eigenvalue weighted by atomic mass is 9.76. The van der Waals surface area contributed by atoms with Crippen molar-refractivity contribution in [2.75, 3.05) is 13.2 Å². The number of unbranched alkanes of at least 4 members (excludes halogenated alkanes) is 5. The van der Waals surface area contributed by atoms with Crippen LogP contribution in [0.15, 0.2) is 0 Å². The highest BCUT2D eigenvalue weighted by atomic mass is 19.4. The first-order valence-corrected chi connectivity index (χ1v) is 18.6. The van der Waals surface area contributed by atoms with Gasteiger partial charge >= 0.3 is 23.9 Å². The number of rotatable bonds is 20. The van der Waals surface area contributed by atoms with Crippen molar-refractivity contribution in [2.24, 2.45) is 23.7 Å². The summed E-state index contributed by atoms with van der Waals surface area (Å²) >= 11 is 0. The molecule has 0 amide bonds. The lowest BCUT2D eigenvalue weighted by Crippen LogP contribution is -2.60. The molecule has 0 saturated heterocycles. The summed E-state index contributed by atoms with van der Waals surface area (Å²) < 4.78 is 129. The molecule has 0 unspecified atom stereocenters. The zero-order valence-electron chi connectivity index (χ0n) is 28.4. The van der Waals surface area contributed by atoms with Crippen LogP contribution in [0.2, 0.25) is 0 Å². The molecular formula is C36H59F9O2. The molecule has 0 radical (unpaired) electrons. The van der Waals surface area contributed by atoms with Crippen LogP contribution in [0.5, 0.6) is 0 Å². The normalized spacial score (nSPS) is 28.5. The first-order chi connectivity index (χ1) is 22.2. The number of hydrogen-bond donors (Lipinski definition) is 0. The van der Waals surface area contributed by atoms with Gasteiger partial charge in [0.2, 0.25) is 0 Å². The van der Waals surface area contributed by atoms with E-state index >= 15 is 0 Å². The molecule has 0 aliphatic heterocycles. The van der Waals surface area contributed by atoms with Gasteiger partial charge in [0.1, 0.15) is 0 Å². The van der Waals surface area contributed by atoms with Gasteiger partial charge in [-0.3, -0.25) is 0 Å². The number of alkyl halides is 9. The van der Waals surface area contributed by atoms with Gasteiger partial charge in [0.25, 0.3) is 0 Å². The first-order valence-electron chi connectivity index (χ1n) is 18.6. The van der Waals surface area contributed by atoms with Crippen molar-refractivity contribution < 1.29 is 49.0 Å². The predicted molar refractivity (Wildman–Crippen MR) is 166 cm³/mol. The Morgan fingerprint density at radius 2 is 0.936 bits per heavy atom. The first kappa shape index (κ1) is 40.7. The van der Waals surface area contributed by atoms with E-state index in [0.717, 1.165) is 62.9 Å². The van der Waals surface area contributed by atoms with E-state index in [2.05, 4.69) is 6.92 Å². The van der Waals surface area contributed by atoms with Gasteiger partial charge in [-0.2, -0.15) is 39.5 Å². The van der Waals surface area contributed by atoms with Crippen LogP contribution in [0.3, 0.4) is 0 Å². The molecule has 3 aliphatic rings. The van der Waals surface area contributed by atoms with E-state index in [9.17, 15) is 39.5 Å². The topological polar surface area (TPSA) is 18.5 Å². The highest BCUT2D eigenvalue weighted by Gasteiger charge is 2.81. The van der Waals surface area contributed by atoms with E-state index in [4.69, 9.17) is 9.47 Å². The standard InChI is InChI=1S/C36H59F9O2/c1-2-3-6-9-27-10-12-28(13-11-27)14-15-29-16-20-32(21-17-29)47-26-30-18-22-31(23-19-30)46-25-8-5-4-7-24-33(37,38)34(39,40)35(41,42)36(43,44)45/h27-32H,2-26H2,1H3. The maximum atomic E-state index is 13.6. The second-order valence-electron chi connectivity index (χ2n) is 15.0. The molecule has 0 N–H and O–H groups in total. The van der Waals surface area contributed by atoms with E-state index in [-0.39, 0.29) is 12.5 Å². The van der Waals surface area contributed by atoms with Crippen LogP contribution in [0.1, 0.15) is 155 Å². The van der Waals surface area contributed by atoms with E-state index in [1.54, 1.807) is 0 Å². The molecule has 0 bridgehead atoms. The third-order valence-corrected chi connectivity index (χ3v) is 11.3. The van der Waals surface area contributed by atoms with Gasteiger partial charge in [0.05, 0.1) is 12.2 Å². The monoisotopic (exact) mass is 694 g/mol. The molecule has 3 fully saturated rings. The molecule has 3 saturated carbocycles. The summed E-state index contributed by atoms with van der Waals surface area (Å²) in [6.07, 6.45) is 14.9. The van der Waals surface area contributed by atoms with Crippen molar-refractivity contribution in [3.05, 3.63) is 0 Å². The van der Waals surface area contributed by atoms with Gasteiger partial charge in [-0.25, -0.2) is 0 Å². The van der Waals surface area contributed by atoms with Gasteiger partial charge in [0.15, 0.2) is 0 Å². The second kappa shape index (κ2) is 19.1. The fourth-order valence-corrected chi connectivity index (χ4v) is 7.91. The molecule has 0 spiro atoms. The summed E-state index contributed by atoms with van der Waals surface area (Å²) in [6, 6.07) is 0. The molecule has 0 aromatic rings. The Bertz CT molecular complexity index is 842. The molecule has 11 heteroatoms. The molecule has 47 heavy (non-hydrogen) atoms. The van der Waals surface area contributed by atoms with Crippen molar-refractivity contribution >= 4 is 0 Å². The summed E-state index contributed by atoms with van der Waals surface area (Å²) in [7, 11) is 0. The van der Waals surface area contributed by atoms with Crippen LogP contribution in [0, 0.1) is 23.7 Å². The quantitative estimate of drug-likeness (QED) is 0.0933. The summed E-state index contributed by atoms with van der Waals surface area (Å²) in [4.78, 5) is 0. The van der Waals surface area contributed by atoms with Crippen LogP contribution in [-0.4, -0.2) is 49.4 Å². The lowest BCUT2D eigenvalue weighted by Gasteiger charge is -2.33. The molecular weight excluding hydrogens is 635 g/mol. The largest absolute Gasteiger partial charge is 0.460 e. The Balaban J connectivity index is 1.16. The summed E-state index contributed by atoms with van der Waals surface area (Å²) in [5, 5.41) is 0. The van der Waals surface area contributed by atoms with Crippen molar-refractivity contribution in [2.45, 2.75) is 191 Å². The zero-order valence-corrected chi connectivity index (χ0v) is 28.4. The summed E-state index contributed by atoms with van der Waals surface area (Å²) in [5.41, 5.74) is 0. The molecule has 278 valence electrons. The maximum Gasteiger partial charge on any atom is 0.460 e. The maximum absolute atomic E-state index is 13.6. The van der Waals surface area contributed by atoms with Gasteiger partial charge < -0.3 is 9.47 Å². The van der Waals surface area contributed by atoms with E-state index < -0.39 is 36.8 Å². The lowest BCUT2D eigenvalue weighted by molar-refractivity contribution is -0.396. The minimum Gasteiger partial charge on any atom is -0.378 e. The molecule has 3 rings (SSSR count). The van der Waals surface area contributed by atoms with E-state index in [1.807, 2.05) is 0 Å². The molecule has 0 atom stereocenters.